The summed E-state index contributed by atoms with van der Waals surface area (Å²) in [4.78, 5) is 14.9. The summed E-state index contributed by atoms with van der Waals surface area (Å²) in [7, 11) is -3.76. The van der Waals surface area contributed by atoms with Crippen molar-refractivity contribution in [2.24, 2.45) is 5.41 Å². The zero-order valence-corrected chi connectivity index (χ0v) is 18.8. The molecule has 2 aliphatic rings. The Morgan fingerprint density at radius 2 is 1.87 bits per heavy atom. The van der Waals surface area contributed by atoms with Gasteiger partial charge in [0.05, 0.1) is 21.7 Å². The van der Waals surface area contributed by atoms with Crippen LogP contribution in [-0.2, 0) is 27.7 Å². The highest BCUT2D eigenvalue weighted by atomic mass is 32.2. The van der Waals surface area contributed by atoms with E-state index in [0.29, 0.717) is 23.7 Å². The Bertz CT molecular complexity index is 1140. The van der Waals surface area contributed by atoms with Gasteiger partial charge in [0.2, 0.25) is 5.91 Å². The van der Waals surface area contributed by atoms with E-state index in [2.05, 4.69) is 11.3 Å². The number of nitrogens with zero attached hydrogens (tertiary/aromatic N) is 1. The van der Waals surface area contributed by atoms with Crippen molar-refractivity contribution >= 4 is 27.3 Å². The van der Waals surface area contributed by atoms with E-state index in [1.165, 1.54) is 5.56 Å². The van der Waals surface area contributed by atoms with Crippen LogP contribution in [0.3, 0.4) is 0 Å². The van der Waals surface area contributed by atoms with Crippen LogP contribution < -0.4 is 14.4 Å². The smallest absolute Gasteiger partial charge is 0.261 e. The first-order valence-corrected chi connectivity index (χ1v) is 12.0. The van der Waals surface area contributed by atoms with Crippen LogP contribution in [0.4, 0.5) is 11.4 Å². The minimum Gasteiger partial charge on any atom is -0.490 e. The molecule has 6 nitrogen and oxygen atoms in total. The molecule has 0 aromatic heterocycles. The molecule has 2 aromatic carbocycles. The summed E-state index contributed by atoms with van der Waals surface area (Å²) in [6.07, 6.45) is 5.78. The van der Waals surface area contributed by atoms with Gasteiger partial charge in [-0.1, -0.05) is 12.1 Å². The zero-order valence-electron chi connectivity index (χ0n) is 18.0. The summed E-state index contributed by atoms with van der Waals surface area (Å²) in [5, 5.41) is 0. The predicted octanol–water partition coefficient (Wildman–Crippen LogP) is 4.30. The standard InChI is InChI=1S/C24H28N2O4S/c1-4-13-26-21-15-19(10-12-22(21)30-16-24(2,3)23(26)27)25-31(28,29)20-11-9-17-7-5-6-8-18(17)14-20/h4,9-12,14-15,25H,1,5-8,13,16H2,2-3H3. The number of fused-ring (bicyclic) bond motifs is 2. The van der Waals surface area contributed by atoms with Crippen LogP contribution in [0.5, 0.6) is 5.75 Å². The van der Waals surface area contributed by atoms with Gasteiger partial charge in [0.15, 0.2) is 0 Å². The highest BCUT2D eigenvalue weighted by Gasteiger charge is 2.37. The molecule has 31 heavy (non-hydrogen) atoms. The average molecular weight is 441 g/mol. The van der Waals surface area contributed by atoms with Crippen molar-refractivity contribution in [1.29, 1.82) is 0 Å². The maximum atomic E-state index is 13.1. The molecule has 0 bridgehead atoms. The SMILES string of the molecule is C=CCN1C(=O)C(C)(C)COc2ccc(NS(=O)(=O)c3ccc4c(c3)CCCC4)cc21. The number of anilines is 2. The second kappa shape index (κ2) is 8.04. The summed E-state index contributed by atoms with van der Waals surface area (Å²) in [6, 6.07) is 10.4. The van der Waals surface area contributed by atoms with Crippen molar-refractivity contribution in [2.75, 3.05) is 22.8 Å². The fourth-order valence-electron chi connectivity index (χ4n) is 4.11. The van der Waals surface area contributed by atoms with E-state index in [4.69, 9.17) is 4.74 Å². The first-order chi connectivity index (χ1) is 14.7. The number of hydrogen-bond acceptors (Lipinski definition) is 4. The van der Waals surface area contributed by atoms with Crippen LogP contribution in [-0.4, -0.2) is 27.5 Å². The third-order valence-electron chi connectivity index (χ3n) is 5.86. The van der Waals surface area contributed by atoms with Gasteiger partial charge in [-0.15, -0.1) is 6.58 Å². The Morgan fingerprint density at radius 1 is 1.13 bits per heavy atom. The van der Waals surface area contributed by atoms with Crippen LogP contribution in [0.1, 0.15) is 37.8 Å². The van der Waals surface area contributed by atoms with Gasteiger partial charge in [0, 0.05) is 6.54 Å². The van der Waals surface area contributed by atoms with Crippen LogP contribution in [0.2, 0.25) is 0 Å². The van der Waals surface area contributed by atoms with Gasteiger partial charge in [-0.05, 0) is 81.0 Å². The van der Waals surface area contributed by atoms with E-state index >= 15 is 0 Å². The third-order valence-corrected chi connectivity index (χ3v) is 7.24. The molecule has 0 fully saturated rings. The number of benzene rings is 2. The highest BCUT2D eigenvalue weighted by Crippen LogP contribution is 2.38. The quantitative estimate of drug-likeness (QED) is 0.703. The van der Waals surface area contributed by atoms with Crippen LogP contribution in [0, 0.1) is 5.41 Å². The van der Waals surface area contributed by atoms with Crippen molar-refractivity contribution < 1.29 is 17.9 Å². The van der Waals surface area contributed by atoms with Crippen molar-refractivity contribution in [3.05, 3.63) is 60.2 Å². The molecule has 0 atom stereocenters. The Balaban J connectivity index is 1.67. The molecule has 4 rings (SSSR count). The summed E-state index contributed by atoms with van der Waals surface area (Å²) in [6.45, 7) is 7.96. The van der Waals surface area contributed by atoms with Crippen LogP contribution in [0.15, 0.2) is 53.9 Å². The average Bonchev–Trinajstić information content (AvgIpc) is 2.83. The summed E-state index contributed by atoms with van der Waals surface area (Å²) in [5.74, 6) is 0.443. The fourth-order valence-corrected chi connectivity index (χ4v) is 5.21. The molecule has 2 aromatic rings. The lowest BCUT2D eigenvalue weighted by molar-refractivity contribution is -0.127. The first-order valence-electron chi connectivity index (χ1n) is 10.6. The molecule has 1 N–H and O–H groups in total. The van der Waals surface area contributed by atoms with Gasteiger partial charge in [-0.2, -0.15) is 0 Å². The number of rotatable bonds is 5. The Hall–Kier alpha value is -2.80. The Kier molecular flexibility index (Phi) is 5.56. The van der Waals surface area contributed by atoms with Crippen LogP contribution in [0.25, 0.3) is 0 Å². The second-order valence-electron chi connectivity index (χ2n) is 8.80. The third kappa shape index (κ3) is 4.19. The molecule has 0 saturated carbocycles. The minimum atomic E-state index is -3.76. The lowest BCUT2D eigenvalue weighted by atomic mass is 9.92. The molecule has 7 heteroatoms. The normalized spacial score (nSPS) is 17.7. The van der Waals surface area contributed by atoms with E-state index in [1.54, 1.807) is 41.3 Å². The predicted molar refractivity (Wildman–Crippen MR) is 122 cm³/mol. The molecule has 1 aliphatic carbocycles. The minimum absolute atomic E-state index is 0.0964. The van der Waals surface area contributed by atoms with Gasteiger partial charge in [0.25, 0.3) is 10.0 Å². The maximum absolute atomic E-state index is 13.1. The number of amides is 1. The maximum Gasteiger partial charge on any atom is 0.261 e. The number of carbonyl (C=O) groups excluding carboxylic acids is 1. The van der Waals surface area contributed by atoms with Crippen molar-refractivity contribution in [3.63, 3.8) is 0 Å². The molecular formula is C24H28N2O4S. The van der Waals surface area contributed by atoms with Gasteiger partial charge < -0.3 is 9.64 Å². The van der Waals surface area contributed by atoms with Crippen molar-refractivity contribution in [3.8, 4) is 5.75 Å². The van der Waals surface area contributed by atoms with E-state index < -0.39 is 15.4 Å². The topological polar surface area (TPSA) is 75.7 Å². The summed E-state index contributed by atoms with van der Waals surface area (Å²) < 4.78 is 34.6. The van der Waals surface area contributed by atoms with E-state index in [9.17, 15) is 13.2 Å². The molecule has 0 saturated heterocycles. The van der Waals surface area contributed by atoms with Crippen molar-refractivity contribution in [2.45, 2.75) is 44.4 Å². The van der Waals surface area contributed by atoms with Gasteiger partial charge >= 0.3 is 0 Å². The van der Waals surface area contributed by atoms with Crippen LogP contribution >= 0.6 is 0 Å². The Morgan fingerprint density at radius 3 is 2.61 bits per heavy atom. The number of carbonyl (C=O) groups is 1. The lowest BCUT2D eigenvalue weighted by Crippen LogP contribution is -2.42. The van der Waals surface area contributed by atoms with E-state index in [-0.39, 0.29) is 17.4 Å². The number of ether oxygens (including phenoxy) is 1. The zero-order chi connectivity index (χ0) is 22.2. The lowest BCUT2D eigenvalue weighted by Gasteiger charge is -2.27. The Labute approximate surface area is 184 Å². The van der Waals surface area contributed by atoms with Crippen molar-refractivity contribution in [1.82, 2.24) is 0 Å². The largest absolute Gasteiger partial charge is 0.490 e. The van der Waals surface area contributed by atoms with E-state index in [0.717, 1.165) is 31.2 Å². The monoisotopic (exact) mass is 440 g/mol. The van der Waals surface area contributed by atoms with Gasteiger partial charge in [0.1, 0.15) is 12.4 Å². The molecule has 1 aliphatic heterocycles. The summed E-state index contributed by atoms with van der Waals surface area (Å²) >= 11 is 0. The van der Waals surface area contributed by atoms with Gasteiger partial charge in [-0.3, -0.25) is 9.52 Å². The molecule has 0 spiro atoms. The first kappa shape index (κ1) is 21.4. The molecular weight excluding hydrogens is 412 g/mol. The highest BCUT2D eigenvalue weighted by molar-refractivity contribution is 7.92. The number of nitrogens with one attached hydrogen (secondary N) is 1. The van der Waals surface area contributed by atoms with Gasteiger partial charge in [-0.25, -0.2) is 8.42 Å². The van der Waals surface area contributed by atoms with E-state index in [1.807, 2.05) is 19.9 Å². The summed E-state index contributed by atoms with van der Waals surface area (Å²) in [5.41, 5.74) is 2.54. The second-order valence-corrected chi connectivity index (χ2v) is 10.5. The fraction of sp³-hybridized carbons (Fsp3) is 0.375. The number of aryl methyl sites for hydroxylation is 2. The molecule has 0 unspecified atom stereocenters. The number of hydrogen-bond donors (Lipinski definition) is 1. The molecule has 164 valence electrons. The molecule has 1 heterocycles. The number of sulfonamides is 1. The molecule has 1 amide bonds. The molecule has 0 radical (unpaired) electrons.